The highest BCUT2D eigenvalue weighted by atomic mass is 16.6. The molecule has 5 nitrogen and oxygen atoms in total. The molecule has 0 saturated heterocycles. The second-order valence-corrected chi connectivity index (χ2v) is 6.81. The summed E-state index contributed by atoms with van der Waals surface area (Å²) in [6, 6.07) is -0.580. The Bertz CT molecular complexity index is 358. The maximum absolute atomic E-state index is 12.3. The molecule has 1 atom stereocenters. The molecule has 5 heteroatoms. The van der Waals surface area contributed by atoms with Gasteiger partial charge in [0.15, 0.2) is 0 Å². The van der Waals surface area contributed by atoms with Gasteiger partial charge in [-0.3, -0.25) is 4.90 Å². The van der Waals surface area contributed by atoms with E-state index in [-0.39, 0.29) is 11.9 Å². The fourth-order valence-electron chi connectivity index (χ4n) is 2.95. The van der Waals surface area contributed by atoms with Crippen LogP contribution in [0.1, 0.15) is 86.0 Å². The SMILES string of the molecule is CCCCCCCCCCN(C(=O)OCC)C(C(=O)OCC)C(C)C. The number of hydrogen-bond donors (Lipinski definition) is 0. The lowest BCUT2D eigenvalue weighted by Gasteiger charge is -2.31. The minimum absolute atomic E-state index is 0.0162. The first kappa shape index (κ1) is 23.7. The van der Waals surface area contributed by atoms with Crippen LogP contribution < -0.4 is 0 Å². The zero-order valence-electron chi connectivity index (χ0n) is 17.0. The monoisotopic (exact) mass is 357 g/mol. The van der Waals surface area contributed by atoms with Gasteiger partial charge in [-0.05, 0) is 26.2 Å². The maximum atomic E-state index is 12.3. The molecule has 0 aromatic rings. The number of carbonyl (C=O) groups excluding carboxylic acids is 2. The van der Waals surface area contributed by atoms with Gasteiger partial charge >= 0.3 is 12.1 Å². The fourth-order valence-corrected chi connectivity index (χ4v) is 2.95. The Kier molecular flexibility index (Phi) is 14.3. The standard InChI is InChI=1S/C20H39NO4/c1-6-9-10-11-12-13-14-15-16-21(20(23)25-8-3)18(17(4)5)19(22)24-7-2/h17-18H,6-16H2,1-5H3. The molecule has 0 aromatic carbocycles. The molecule has 25 heavy (non-hydrogen) atoms. The van der Waals surface area contributed by atoms with Crippen LogP contribution in [-0.4, -0.2) is 42.8 Å². The molecule has 0 N–H and O–H groups in total. The quantitative estimate of drug-likeness (QED) is 0.318. The molecule has 0 radical (unpaired) electrons. The van der Waals surface area contributed by atoms with E-state index in [0.29, 0.717) is 19.8 Å². The third kappa shape index (κ3) is 10.4. The first-order valence-electron chi connectivity index (χ1n) is 10.1. The van der Waals surface area contributed by atoms with Gasteiger partial charge in [0.05, 0.1) is 13.2 Å². The predicted molar refractivity (Wildman–Crippen MR) is 102 cm³/mol. The Morgan fingerprint density at radius 3 is 1.80 bits per heavy atom. The number of carbonyl (C=O) groups is 2. The Morgan fingerprint density at radius 1 is 0.800 bits per heavy atom. The van der Waals surface area contributed by atoms with Crippen molar-refractivity contribution in [3.05, 3.63) is 0 Å². The normalized spacial score (nSPS) is 12.1. The molecule has 0 aromatic heterocycles. The highest BCUT2D eigenvalue weighted by Gasteiger charge is 2.34. The lowest BCUT2D eigenvalue weighted by atomic mass is 10.0. The Labute approximate surface area is 154 Å². The van der Waals surface area contributed by atoms with Gasteiger partial charge in [0, 0.05) is 6.54 Å². The van der Waals surface area contributed by atoms with Gasteiger partial charge < -0.3 is 9.47 Å². The summed E-state index contributed by atoms with van der Waals surface area (Å²) in [6.45, 7) is 10.8. The third-order valence-corrected chi connectivity index (χ3v) is 4.25. The summed E-state index contributed by atoms with van der Waals surface area (Å²) in [5.41, 5.74) is 0. The number of hydrogen-bond acceptors (Lipinski definition) is 4. The molecule has 0 aliphatic carbocycles. The summed E-state index contributed by atoms with van der Waals surface area (Å²) in [5.74, 6) is -0.359. The summed E-state index contributed by atoms with van der Waals surface area (Å²) < 4.78 is 10.3. The van der Waals surface area contributed by atoms with E-state index in [1.165, 1.54) is 38.5 Å². The van der Waals surface area contributed by atoms with Gasteiger partial charge in [0.25, 0.3) is 0 Å². The first-order chi connectivity index (χ1) is 12.0. The minimum Gasteiger partial charge on any atom is -0.464 e. The number of rotatable bonds is 14. The average molecular weight is 358 g/mol. The van der Waals surface area contributed by atoms with E-state index < -0.39 is 12.1 Å². The molecule has 0 rings (SSSR count). The molecule has 0 saturated carbocycles. The summed E-state index contributed by atoms with van der Waals surface area (Å²) in [5, 5.41) is 0. The number of ether oxygens (including phenoxy) is 2. The van der Waals surface area contributed by atoms with E-state index in [0.717, 1.165) is 12.8 Å². The average Bonchev–Trinajstić information content (AvgIpc) is 2.56. The summed E-state index contributed by atoms with van der Waals surface area (Å²) in [4.78, 5) is 26.2. The molecular weight excluding hydrogens is 318 g/mol. The largest absolute Gasteiger partial charge is 0.464 e. The lowest BCUT2D eigenvalue weighted by Crippen LogP contribution is -2.49. The maximum Gasteiger partial charge on any atom is 0.410 e. The van der Waals surface area contributed by atoms with Crippen LogP contribution in [0.3, 0.4) is 0 Å². The van der Waals surface area contributed by atoms with Crippen molar-refractivity contribution in [2.75, 3.05) is 19.8 Å². The zero-order valence-corrected chi connectivity index (χ0v) is 17.0. The molecule has 0 aliphatic rings. The number of amides is 1. The van der Waals surface area contributed by atoms with Crippen molar-refractivity contribution >= 4 is 12.1 Å². The second-order valence-electron chi connectivity index (χ2n) is 6.81. The molecule has 0 bridgehead atoms. The third-order valence-electron chi connectivity index (χ3n) is 4.25. The van der Waals surface area contributed by atoms with Crippen LogP contribution in [0.25, 0.3) is 0 Å². The van der Waals surface area contributed by atoms with E-state index in [1.807, 2.05) is 13.8 Å². The molecule has 0 aliphatic heterocycles. The predicted octanol–water partition coefficient (Wildman–Crippen LogP) is 5.17. The van der Waals surface area contributed by atoms with Crippen LogP contribution in [0.5, 0.6) is 0 Å². The van der Waals surface area contributed by atoms with Crippen molar-refractivity contribution in [2.45, 2.75) is 92.0 Å². The van der Waals surface area contributed by atoms with Crippen LogP contribution >= 0.6 is 0 Å². The molecule has 1 unspecified atom stereocenters. The van der Waals surface area contributed by atoms with Crippen LogP contribution in [0, 0.1) is 5.92 Å². The fraction of sp³-hybridized carbons (Fsp3) is 0.900. The van der Waals surface area contributed by atoms with E-state index in [1.54, 1.807) is 18.7 Å². The van der Waals surface area contributed by atoms with Crippen LogP contribution in [0.4, 0.5) is 4.79 Å². The van der Waals surface area contributed by atoms with Crippen molar-refractivity contribution < 1.29 is 19.1 Å². The van der Waals surface area contributed by atoms with Crippen molar-refractivity contribution in [2.24, 2.45) is 5.92 Å². The zero-order chi connectivity index (χ0) is 19.1. The number of nitrogens with zero attached hydrogens (tertiary/aromatic N) is 1. The molecular formula is C20H39NO4. The highest BCUT2D eigenvalue weighted by molar-refractivity contribution is 5.81. The van der Waals surface area contributed by atoms with E-state index in [4.69, 9.17) is 9.47 Å². The molecule has 1 amide bonds. The molecule has 0 spiro atoms. The number of unbranched alkanes of at least 4 members (excludes halogenated alkanes) is 7. The summed E-state index contributed by atoms with van der Waals surface area (Å²) in [6.07, 6.45) is 9.11. The van der Waals surface area contributed by atoms with Crippen molar-refractivity contribution in [3.8, 4) is 0 Å². The Balaban J connectivity index is 4.55. The minimum atomic E-state index is -0.580. The van der Waals surface area contributed by atoms with Gasteiger partial charge in [-0.25, -0.2) is 9.59 Å². The second kappa shape index (κ2) is 15.0. The van der Waals surface area contributed by atoms with Crippen LogP contribution in [0.2, 0.25) is 0 Å². The highest BCUT2D eigenvalue weighted by Crippen LogP contribution is 2.17. The van der Waals surface area contributed by atoms with Crippen LogP contribution in [0.15, 0.2) is 0 Å². The van der Waals surface area contributed by atoms with Gasteiger partial charge in [0.2, 0.25) is 0 Å². The smallest absolute Gasteiger partial charge is 0.410 e. The molecule has 148 valence electrons. The lowest BCUT2D eigenvalue weighted by molar-refractivity contribution is -0.150. The Morgan fingerprint density at radius 2 is 1.32 bits per heavy atom. The topological polar surface area (TPSA) is 55.8 Å². The Hall–Kier alpha value is -1.26. The number of esters is 1. The molecule has 0 heterocycles. The van der Waals surface area contributed by atoms with Gasteiger partial charge in [-0.1, -0.05) is 65.7 Å². The van der Waals surface area contributed by atoms with E-state index in [9.17, 15) is 9.59 Å². The van der Waals surface area contributed by atoms with Gasteiger partial charge in [0.1, 0.15) is 6.04 Å². The van der Waals surface area contributed by atoms with Crippen LogP contribution in [-0.2, 0) is 14.3 Å². The summed E-state index contributed by atoms with van der Waals surface area (Å²) >= 11 is 0. The van der Waals surface area contributed by atoms with Gasteiger partial charge in [-0.2, -0.15) is 0 Å². The van der Waals surface area contributed by atoms with Crippen molar-refractivity contribution in [1.29, 1.82) is 0 Å². The van der Waals surface area contributed by atoms with Crippen molar-refractivity contribution in [3.63, 3.8) is 0 Å². The van der Waals surface area contributed by atoms with Gasteiger partial charge in [-0.15, -0.1) is 0 Å². The van der Waals surface area contributed by atoms with Crippen molar-refractivity contribution in [1.82, 2.24) is 4.90 Å². The molecule has 0 fully saturated rings. The van der Waals surface area contributed by atoms with E-state index in [2.05, 4.69) is 6.92 Å². The summed E-state index contributed by atoms with van der Waals surface area (Å²) in [7, 11) is 0. The van der Waals surface area contributed by atoms with E-state index >= 15 is 0 Å². The first-order valence-corrected chi connectivity index (χ1v) is 10.1.